The van der Waals surface area contributed by atoms with Crippen molar-refractivity contribution in [2.24, 2.45) is 5.92 Å². The topological polar surface area (TPSA) is 65.7 Å². The molecule has 0 N–H and O–H groups in total. The molecule has 1 aliphatic heterocycles. The molecule has 0 aliphatic carbocycles. The Kier molecular flexibility index (Phi) is 4.62. The Morgan fingerprint density at radius 3 is 2.74 bits per heavy atom. The van der Waals surface area contributed by atoms with Crippen molar-refractivity contribution in [3.8, 4) is 5.75 Å². The minimum atomic E-state index is -0.447. The van der Waals surface area contributed by atoms with E-state index in [9.17, 15) is 9.59 Å². The van der Waals surface area contributed by atoms with Crippen LogP contribution in [0.1, 0.15) is 23.8 Å². The standard InChI is InChI=1S/C21H17ClO5/c1-25-18(23)10-13-9-17-21(27-20(13)12-5-3-2-4-6-12)19(24)15-11-14(22)7-8-16(15)26-17/h2-8,11,13,20H,9-10H2,1H3/t13-,20-/m0/s1. The average molecular weight is 385 g/mol. The van der Waals surface area contributed by atoms with E-state index in [1.807, 2.05) is 30.3 Å². The van der Waals surface area contributed by atoms with Crippen molar-refractivity contribution in [2.75, 3.05) is 7.11 Å². The summed E-state index contributed by atoms with van der Waals surface area (Å²) in [4.78, 5) is 24.9. The Balaban J connectivity index is 1.83. The van der Waals surface area contributed by atoms with Crippen LogP contribution in [0.5, 0.6) is 5.75 Å². The molecule has 6 heteroatoms. The van der Waals surface area contributed by atoms with Crippen LogP contribution in [0.4, 0.5) is 0 Å². The Morgan fingerprint density at radius 1 is 1.22 bits per heavy atom. The molecule has 0 spiro atoms. The number of hydrogen-bond donors (Lipinski definition) is 0. The molecule has 0 radical (unpaired) electrons. The SMILES string of the molecule is COC(=O)C[C@@H]1Cc2oc3ccc(Cl)cc3c(=O)c2O[C@H]1c1ccccc1. The van der Waals surface area contributed by atoms with Crippen molar-refractivity contribution >= 4 is 28.5 Å². The lowest BCUT2D eigenvalue weighted by atomic mass is 9.86. The van der Waals surface area contributed by atoms with Crippen molar-refractivity contribution in [2.45, 2.75) is 18.9 Å². The highest BCUT2D eigenvalue weighted by molar-refractivity contribution is 6.31. The fourth-order valence-electron chi connectivity index (χ4n) is 3.48. The second-order valence-electron chi connectivity index (χ2n) is 6.52. The molecule has 3 aromatic rings. The number of fused-ring (bicyclic) bond motifs is 2. The van der Waals surface area contributed by atoms with Crippen LogP contribution in [0, 0.1) is 5.92 Å². The summed E-state index contributed by atoms with van der Waals surface area (Å²) in [6, 6.07) is 14.4. The Morgan fingerprint density at radius 2 is 2.00 bits per heavy atom. The van der Waals surface area contributed by atoms with E-state index < -0.39 is 6.10 Å². The summed E-state index contributed by atoms with van der Waals surface area (Å²) in [6.07, 6.45) is 0.118. The van der Waals surface area contributed by atoms with E-state index in [0.717, 1.165) is 5.56 Å². The van der Waals surface area contributed by atoms with Gasteiger partial charge in [0.05, 0.1) is 18.9 Å². The van der Waals surface area contributed by atoms with Gasteiger partial charge in [0.2, 0.25) is 11.2 Å². The number of rotatable bonds is 3. The Bertz CT molecular complexity index is 1060. The Labute approximate surface area is 160 Å². The smallest absolute Gasteiger partial charge is 0.305 e. The van der Waals surface area contributed by atoms with Crippen LogP contribution in [0.15, 0.2) is 57.7 Å². The van der Waals surface area contributed by atoms with Crippen LogP contribution >= 0.6 is 11.6 Å². The Hall–Kier alpha value is -2.79. The molecule has 0 saturated heterocycles. The van der Waals surface area contributed by atoms with Gasteiger partial charge in [0.1, 0.15) is 11.7 Å². The number of esters is 1. The first-order valence-corrected chi connectivity index (χ1v) is 8.98. The molecule has 0 saturated carbocycles. The van der Waals surface area contributed by atoms with Gasteiger partial charge in [-0.05, 0) is 23.8 Å². The van der Waals surface area contributed by atoms with Gasteiger partial charge < -0.3 is 13.9 Å². The van der Waals surface area contributed by atoms with E-state index >= 15 is 0 Å². The number of hydrogen-bond acceptors (Lipinski definition) is 5. The molecule has 27 heavy (non-hydrogen) atoms. The normalized spacial score (nSPS) is 18.6. The lowest BCUT2D eigenvalue weighted by Crippen LogP contribution is -2.31. The predicted molar refractivity (Wildman–Crippen MR) is 101 cm³/mol. The maximum atomic E-state index is 13.0. The van der Waals surface area contributed by atoms with Gasteiger partial charge in [0.25, 0.3) is 0 Å². The molecule has 1 aliphatic rings. The largest absolute Gasteiger partial charge is 0.478 e. The summed E-state index contributed by atoms with van der Waals surface area (Å²) < 4.78 is 16.8. The molecule has 5 nitrogen and oxygen atoms in total. The highest BCUT2D eigenvalue weighted by Gasteiger charge is 2.36. The van der Waals surface area contributed by atoms with E-state index in [1.165, 1.54) is 7.11 Å². The van der Waals surface area contributed by atoms with Gasteiger partial charge in [-0.15, -0.1) is 0 Å². The number of methoxy groups -OCH3 is 1. The zero-order chi connectivity index (χ0) is 19.0. The zero-order valence-electron chi connectivity index (χ0n) is 14.6. The van der Waals surface area contributed by atoms with Gasteiger partial charge in [0, 0.05) is 17.4 Å². The first-order valence-electron chi connectivity index (χ1n) is 8.60. The molecular formula is C21H17ClO5. The minimum absolute atomic E-state index is 0.165. The van der Waals surface area contributed by atoms with E-state index in [4.69, 9.17) is 25.5 Å². The maximum absolute atomic E-state index is 13.0. The third-order valence-electron chi connectivity index (χ3n) is 4.78. The molecule has 0 bridgehead atoms. The monoisotopic (exact) mass is 384 g/mol. The molecular weight excluding hydrogens is 368 g/mol. The first-order chi connectivity index (χ1) is 13.1. The summed E-state index contributed by atoms with van der Waals surface area (Å²) in [5.41, 5.74) is 1.08. The van der Waals surface area contributed by atoms with Crippen LogP contribution in [0.25, 0.3) is 11.0 Å². The summed E-state index contributed by atoms with van der Waals surface area (Å²) in [5.74, 6) is 0.0822. The quantitative estimate of drug-likeness (QED) is 0.630. The van der Waals surface area contributed by atoms with Gasteiger partial charge in [-0.2, -0.15) is 0 Å². The number of carbonyl (C=O) groups excluding carboxylic acids is 1. The number of halogens is 1. The molecule has 0 amide bonds. The van der Waals surface area contributed by atoms with Crippen molar-refractivity contribution < 1.29 is 18.7 Å². The molecule has 2 aromatic carbocycles. The molecule has 0 fully saturated rings. The molecule has 138 valence electrons. The van der Waals surface area contributed by atoms with Crippen molar-refractivity contribution in [3.63, 3.8) is 0 Å². The lowest BCUT2D eigenvalue weighted by molar-refractivity contribution is -0.142. The number of benzene rings is 2. The van der Waals surface area contributed by atoms with E-state index in [-0.39, 0.29) is 29.5 Å². The van der Waals surface area contributed by atoms with Crippen LogP contribution in [-0.2, 0) is 16.0 Å². The molecule has 2 atom stereocenters. The molecule has 1 aromatic heterocycles. The van der Waals surface area contributed by atoms with Crippen LogP contribution < -0.4 is 10.2 Å². The van der Waals surface area contributed by atoms with Gasteiger partial charge in [-0.1, -0.05) is 41.9 Å². The maximum Gasteiger partial charge on any atom is 0.305 e. The second-order valence-corrected chi connectivity index (χ2v) is 6.95. The fraction of sp³-hybridized carbons (Fsp3) is 0.238. The lowest BCUT2D eigenvalue weighted by Gasteiger charge is -2.32. The zero-order valence-corrected chi connectivity index (χ0v) is 15.4. The highest BCUT2D eigenvalue weighted by Crippen LogP contribution is 2.40. The van der Waals surface area contributed by atoms with Gasteiger partial charge in [0.15, 0.2) is 5.76 Å². The summed E-state index contributed by atoms with van der Waals surface area (Å²) >= 11 is 6.02. The molecule has 2 heterocycles. The molecule has 0 unspecified atom stereocenters. The van der Waals surface area contributed by atoms with Crippen molar-refractivity contribution in [3.05, 3.63) is 75.1 Å². The van der Waals surface area contributed by atoms with Gasteiger partial charge in [-0.3, -0.25) is 9.59 Å². The third kappa shape index (κ3) is 3.30. The van der Waals surface area contributed by atoms with E-state index in [2.05, 4.69) is 0 Å². The number of ether oxygens (including phenoxy) is 2. The van der Waals surface area contributed by atoms with Gasteiger partial charge in [-0.25, -0.2) is 0 Å². The van der Waals surface area contributed by atoms with Crippen molar-refractivity contribution in [1.29, 1.82) is 0 Å². The van der Waals surface area contributed by atoms with E-state index in [1.54, 1.807) is 18.2 Å². The predicted octanol–water partition coefficient (Wildman–Crippen LogP) is 4.30. The van der Waals surface area contributed by atoms with Crippen LogP contribution in [0.3, 0.4) is 0 Å². The summed E-state index contributed by atoms with van der Waals surface area (Å²) in [5, 5.41) is 0.827. The molecule has 4 rings (SSSR count). The fourth-order valence-corrected chi connectivity index (χ4v) is 3.65. The average Bonchev–Trinajstić information content (AvgIpc) is 2.69. The van der Waals surface area contributed by atoms with Crippen molar-refractivity contribution in [1.82, 2.24) is 0 Å². The third-order valence-corrected chi connectivity index (χ3v) is 5.02. The minimum Gasteiger partial charge on any atom is -0.478 e. The van der Waals surface area contributed by atoms with Gasteiger partial charge >= 0.3 is 5.97 Å². The van der Waals surface area contributed by atoms with Crippen LogP contribution in [-0.4, -0.2) is 13.1 Å². The second kappa shape index (κ2) is 7.08. The summed E-state index contributed by atoms with van der Waals surface area (Å²) in [7, 11) is 1.36. The number of carbonyl (C=O) groups is 1. The highest BCUT2D eigenvalue weighted by atomic mass is 35.5. The first kappa shape index (κ1) is 17.6. The summed E-state index contributed by atoms with van der Waals surface area (Å²) in [6.45, 7) is 0. The van der Waals surface area contributed by atoms with Crippen LogP contribution in [0.2, 0.25) is 5.02 Å². The van der Waals surface area contributed by atoms with E-state index in [0.29, 0.717) is 28.2 Å².